The molecule has 2 aliphatic rings. The summed E-state index contributed by atoms with van der Waals surface area (Å²) in [6.07, 6.45) is 2.68. The molecule has 0 saturated carbocycles. The highest BCUT2D eigenvalue weighted by atomic mass is 16.4. The monoisotopic (exact) mass is 255 g/mol. The number of carboxylic acids is 1. The van der Waals surface area contributed by atoms with E-state index in [1.807, 2.05) is 4.90 Å². The average molecular weight is 255 g/mol. The minimum Gasteiger partial charge on any atom is -0.481 e. The van der Waals surface area contributed by atoms with Gasteiger partial charge in [0.25, 0.3) is 0 Å². The highest BCUT2D eigenvalue weighted by Crippen LogP contribution is 2.21. The fraction of sp³-hybridized carbons (Fsp3) is 0.833. The molecule has 3 N–H and O–H groups in total. The van der Waals surface area contributed by atoms with Crippen LogP contribution >= 0.6 is 0 Å². The first kappa shape index (κ1) is 13.1. The van der Waals surface area contributed by atoms with Crippen molar-refractivity contribution in [1.29, 1.82) is 0 Å². The van der Waals surface area contributed by atoms with Gasteiger partial charge >= 0.3 is 12.0 Å². The number of aliphatic carboxylic acids is 1. The Kier molecular flexibility index (Phi) is 4.06. The third kappa shape index (κ3) is 3.13. The zero-order chi connectivity index (χ0) is 13.1. The molecule has 2 fully saturated rings. The quantitative estimate of drug-likeness (QED) is 0.744. The third-order valence-electron chi connectivity index (χ3n) is 3.83. The Balaban J connectivity index is 1.82. The standard InChI is InChI=1S/C12H21N3O3/c13-10-2-5-14(6-3-10)12(18)15-4-1-9(8-15)7-11(16)17/h9-10H,1-8,13H2,(H,16,17). The molecule has 18 heavy (non-hydrogen) atoms. The summed E-state index contributed by atoms with van der Waals surface area (Å²) in [5, 5.41) is 8.75. The molecule has 2 amide bonds. The zero-order valence-corrected chi connectivity index (χ0v) is 10.5. The number of carboxylic acid groups (broad SMARTS) is 1. The molecule has 0 aliphatic carbocycles. The van der Waals surface area contributed by atoms with Crippen molar-refractivity contribution in [3.8, 4) is 0 Å². The van der Waals surface area contributed by atoms with Crippen LogP contribution in [0.15, 0.2) is 0 Å². The number of likely N-dealkylation sites (tertiary alicyclic amines) is 2. The van der Waals surface area contributed by atoms with E-state index in [1.54, 1.807) is 4.90 Å². The molecule has 1 unspecified atom stereocenters. The first-order valence-corrected chi connectivity index (χ1v) is 6.57. The van der Waals surface area contributed by atoms with Crippen LogP contribution < -0.4 is 5.73 Å². The predicted molar refractivity (Wildman–Crippen MR) is 66.1 cm³/mol. The first-order chi connectivity index (χ1) is 8.56. The van der Waals surface area contributed by atoms with Gasteiger partial charge in [-0.3, -0.25) is 4.79 Å². The topological polar surface area (TPSA) is 86.9 Å². The number of hydrogen-bond acceptors (Lipinski definition) is 3. The Morgan fingerprint density at radius 3 is 2.33 bits per heavy atom. The van der Waals surface area contributed by atoms with Crippen LogP contribution in [-0.2, 0) is 4.79 Å². The molecule has 6 nitrogen and oxygen atoms in total. The second-order valence-corrected chi connectivity index (χ2v) is 5.31. The Labute approximate surface area is 107 Å². The molecule has 2 rings (SSSR count). The van der Waals surface area contributed by atoms with Crippen molar-refractivity contribution in [2.75, 3.05) is 26.2 Å². The Bertz CT molecular complexity index is 327. The lowest BCUT2D eigenvalue weighted by Gasteiger charge is -2.33. The average Bonchev–Trinajstić information content (AvgIpc) is 2.76. The summed E-state index contributed by atoms with van der Waals surface area (Å²) in [6.45, 7) is 2.70. The third-order valence-corrected chi connectivity index (χ3v) is 3.83. The molecule has 2 aliphatic heterocycles. The molecule has 0 aromatic carbocycles. The lowest BCUT2D eigenvalue weighted by atomic mass is 10.1. The highest BCUT2D eigenvalue weighted by Gasteiger charge is 2.31. The second-order valence-electron chi connectivity index (χ2n) is 5.31. The molecule has 2 heterocycles. The molecule has 2 saturated heterocycles. The second kappa shape index (κ2) is 5.56. The predicted octanol–water partition coefficient (Wildman–Crippen LogP) is 0.326. The van der Waals surface area contributed by atoms with Gasteiger partial charge in [-0.2, -0.15) is 0 Å². The van der Waals surface area contributed by atoms with Gasteiger partial charge in [0, 0.05) is 38.6 Å². The molecule has 0 aromatic heterocycles. The Morgan fingerprint density at radius 2 is 1.72 bits per heavy atom. The molecular weight excluding hydrogens is 234 g/mol. The van der Waals surface area contributed by atoms with Gasteiger partial charge < -0.3 is 20.6 Å². The molecule has 0 aromatic rings. The lowest BCUT2D eigenvalue weighted by Crippen LogP contribution is -2.48. The van der Waals surface area contributed by atoms with Crippen molar-refractivity contribution in [3.63, 3.8) is 0 Å². The van der Waals surface area contributed by atoms with Crippen molar-refractivity contribution < 1.29 is 14.7 Å². The number of amides is 2. The van der Waals surface area contributed by atoms with E-state index >= 15 is 0 Å². The zero-order valence-electron chi connectivity index (χ0n) is 10.5. The molecule has 0 radical (unpaired) electrons. The van der Waals surface area contributed by atoms with Crippen molar-refractivity contribution in [3.05, 3.63) is 0 Å². The summed E-state index contributed by atoms with van der Waals surface area (Å²) >= 11 is 0. The normalized spacial score (nSPS) is 25.5. The Hall–Kier alpha value is -1.30. The van der Waals surface area contributed by atoms with Gasteiger partial charge in [0.05, 0.1) is 0 Å². The van der Waals surface area contributed by atoms with E-state index in [0.717, 1.165) is 32.4 Å². The van der Waals surface area contributed by atoms with E-state index in [9.17, 15) is 9.59 Å². The van der Waals surface area contributed by atoms with Gasteiger partial charge in [-0.1, -0.05) is 0 Å². The van der Waals surface area contributed by atoms with Gasteiger partial charge in [-0.05, 0) is 25.2 Å². The van der Waals surface area contributed by atoms with Crippen LogP contribution in [0.25, 0.3) is 0 Å². The van der Waals surface area contributed by atoms with E-state index in [2.05, 4.69) is 0 Å². The van der Waals surface area contributed by atoms with Crippen LogP contribution in [0.1, 0.15) is 25.7 Å². The van der Waals surface area contributed by atoms with Crippen LogP contribution in [0.5, 0.6) is 0 Å². The van der Waals surface area contributed by atoms with Gasteiger partial charge in [-0.15, -0.1) is 0 Å². The summed E-state index contributed by atoms with van der Waals surface area (Å²) in [4.78, 5) is 26.5. The van der Waals surface area contributed by atoms with Crippen LogP contribution in [0.2, 0.25) is 0 Å². The number of carbonyl (C=O) groups is 2. The highest BCUT2D eigenvalue weighted by molar-refractivity contribution is 5.75. The van der Waals surface area contributed by atoms with E-state index in [0.29, 0.717) is 13.1 Å². The fourth-order valence-corrected chi connectivity index (χ4v) is 2.71. The first-order valence-electron chi connectivity index (χ1n) is 6.57. The number of carbonyl (C=O) groups excluding carboxylic acids is 1. The molecule has 0 spiro atoms. The molecule has 1 atom stereocenters. The SMILES string of the molecule is NC1CCN(C(=O)N2CCC(CC(=O)O)C2)CC1. The van der Waals surface area contributed by atoms with E-state index < -0.39 is 5.97 Å². The lowest BCUT2D eigenvalue weighted by molar-refractivity contribution is -0.138. The van der Waals surface area contributed by atoms with E-state index in [1.165, 1.54) is 0 Å². The maximum atomic E-state index is 12.2. The summed E-state index contributed by atoms with van der Waals surface area (Å²) in [5.41, 5.74) is 5.81. The van der Waals surface area contributed by atoms with Gasteiger partial charge in [0.2, 0.25) is 0 Å². The number of hydrogen-bond donors (Lipinski definition) is 2. The number of piperidine rings is 1. The molecule has 102 valence electrons. The Morgan fingerprint density at radius 1 is 1.11 bits per heavy atom. The molecule has 6 heteroatoms. The summed E-state index contributed by atoms with van der Waals surface area (Å²) < 4.78 is 0. The van der Waals surface area contributed by atoms with E-state index in [-0.39, 0.29) is 24.4 Å². The minimum atomic E-state index is -0.779. The van der Waals surface area contributed by atoms with Crippen LogP contribution in [0.4, 0.5) is 4.79 Å². The van der Waals surface area contributed by atoms with Crippen molar-refractivity contribution in [1.82, 2.24) is 9.80 Å². The van der Waals surface area contributed by atoms with Gasteiger partial charge in [-0.25, -0.2) is 4.79 Å². The maximum Gasteiger partial charge on any atom is 0.320 e. The number of nitrogens with zero attached hydrogens (tertiary/aromatic N) is 2. The van der Waals surface area contributed by atoms with E-state index in [4.69, 9.17) is 10.8 Å². The van der Waals surface area contributed by atoms with Gasteiger partial charge in [0.1, 0.15) is 0 Å². The number of nitrogens with two attached hydrogens (primary N) is 1. The van der Waals surface area contributed by atoms with Crippen molar-refractivity contribution in [2.45, 2.75) is 31.7 Å². The van der Waals surface area contributed by atoms with Crippen LogP contribution in [0.3, 0.4) is 0 Å². The largest absolute Gasteiger partial charge is 0.481 e. The molecular formula is C12H21N3O3. The van der Waals surface area contributed by atoms with Crippen molar-refractivity contribution in [2.24, 2.45) is 11.7 Å². The molecule has 0 bridgehead atoms. The summed E-state index contributed by atoms with van der Waals surface area (Å²) in [7, 11) is 0. The summed E-state index contributed by atoms with van der Waals surface area (Å²) in [5.74, 6) is -0.670. The fourth-order valence-electron chi connectivity index (χ4n) is 2.71. The number of urea groups is 1. The van der Waals surface area contributed by atoms with Crippen LogP contribution in [0, 0.1) is 5.92 Å². The number of rotatable bonds is 2. The summed E-state index contributed by atoms with van der Waals surface area (Å²) in [6, 6.07) is 0.266. The van der Waals surface area contributed by atoms with Gasteiger partial charge in [0.15, 0.2) is 0 Å². The van der Waals surface area contributed by atoms with Crippen LogP contribution in [-0.4, -0.2) is 59.1 Å². The maximum absolute atomic E-state index is 12.2. The minimum absolute atomic E-state index is 0.0507. The van der Waals surface area contributed by atoms with Crippen molar-refractivity contribution >= 4 is 12.0 Å². The smallest absolute Gasteiger partial charge is 0.320 e.